The normalized spacial score (nSPS) is 14.0. The molecule has 1 aliphatic carbocycles. The first-order valence-electron chi connectivity index (χ1n) is 11.5. The van der Waals surface area contributed by atoms with Crippen LogP contribution in [0, 0.1) is 5.92 Å². The molecule has 0 heterocycles. The zero-order valence-electron chi connectivity index (χ0n) is 19.2. The Labute approximate surface area is 194 Å². The summed E-state index contributed by atoms with van der Waals surface area (Å²) < 4.78 is 5.53. The number of hydrogen-bond donors (Lipinski definition) is 3. The van der Waals surface area contributed by atoms with Crippen molar-refractivity contribution in [1.82, 2.24) is 10.6 Å². The van der Waals surface area contributed by atoms with Crippen molar-refractivity contribution in [3.8, 4) is 11.1 Å². The highest BCUT2D eigenvalue weighted by Gasteiger charge is 2.29. The Kier molecular flexibility index (Phi) is 8.46. The van der Waals surface area contributed by atoms with Crippen LogP contribution in [0.15, 0.2) is 48.5 Å². The van der Waals surface area contributed by atoms with Gasteiger partial charge in [0.25, 0.3) is 0 Å². The Bertz CT molecular complexity index is 945. The maximum atomic E-state index is 12.3. The van der Waals surface area contributed by atoms with Crippen molar-refractivity contribution < 1.29 is 24.2 Å². The topological polar surface area (TPSA) is 105 Å². The molecule has 2 aromatic rings. The van der Waals surface area contributed by atoms with E-state index in [0.29, 0.717) is 19.4 Å². The SMILES string of the molecule is CC[C@@H](CC(=O)O)NC(=O)CCC(C)CNC(=O)OCC1c2ccccc2-c2ccccc21. The van der Waals surface area contributed by atoms with Gasteiger partial charge < -0.3 is 20.5 Å². The van der Waals surface area contributed by atoms with Gasteiger partial charge in [0.05, 0.1) is 6.42 Å². The fourth-order valence-electron chi connectivity index (χ4n) is 4.19. The van der Waals surface area contributed by atoms with Gasteiger partial charge >= 0.3 is 12.1 Å². The van der Waals surface area contributed by atoms with Gasteiger partial charge in [0, 0.05) is 24.9 Å². The number of nitrogens with one attached hydrogen (secondary N) is 2. The van der Waals surface area contributed by atoms with Gasteiger partial charge in [0.1, 0.15) is 6.61 Å². The molecule has 0 aromatic heterocycles. The number of fused-ring (bicyclic) bond motifs is 3. The lowest BCUT2D eigenvalue weighted by atomic mass is 9.98. The van der Waals surface area contributed by atoms with E-state index in [2.05, 4.69) is 34.9 Å². The molecule has 7 heteroatoms. The molecule has 33 heavy (non-hydrogen) atoms. The summed E-state index contributed by atoms with van der Waals surface area (Å²) in [7, 11) is 0. The van der Waals surface area contributed by atoms with Crippen LogP contribution < -0.4 is 10.6 Å². The fraction of sp³-hybridized carbons (Fsp3) is 0.423. The van der Waals surface area contributed by atoms with Crippen LogP contribution in [0.2, 0.25) is 0 Å². The lowest BCUT2D eigenvalue weighted by Gasteiger charge is -2.17. The molecule has 3 rings (SSSR count). The van der Waals surface area contributed by atoms with Crippen molar-refractivity contribution in [2.75, 3.05) is 13.2 Å². The smallest absolute Gasteiger partial charge is 0.407 e. The van der Waals surface area contributed by atoms with Crippen LogP contribution >= 0.6 is 0 Å². The third kappa shape index (κ3) is 6.57. The van der Waals surface area contributed by atoms with Gasteiger partial charge in [-0.25, -0.2) is 4.79 Å². The molecule has 176 valence electrons. The van der Waals surface area contributed by atoms with E-state index in [4.69, 9.17) is 9.84 Å². The van der Waals surface area contributed by atoms with Crippen molar-refractivity contribution in [3.05, 3.63) is 59.7 Å². The first-order chi connectivity index (χ1) is 15.9. The van der Waals surface area contributed by atoms with Crippen molar-refractivity contribution in [2.24, 2.45) is 5.92 Å². The molecule has 0 saturated heterocycles. The average molecular weight is 453 g/mol. The van der Waals surface area contributed by atoms with E-state index in [-0.39, 0.29) is 43.2 Å². The fourth-order valence-corrected chi connectivity index (χ4v) is 4.19. The van der Waals surface area contributed by atoms with E-state index in [0.717, 1.165) is 0 Å². The predicted octanol–water partition coefficient (Wildman–Crippen LogP) is 4.31. The number of carboxylic acid groups (broad SMARTS) is 1. The number of carbonyl (C=O) groups excluding carboxylic acids is 2. The highest BCUT2D eigenvalue weighted by atomic mass is 16.5. The summed E-state index contributed by atoms with van der Waals surface area (Å²) in [6.45, 7) is 4.45. The monoisotopic (exact) mass is 452 g/mol. The molecule has 0 radical (unpaired) electrons. The van der Waals surface area contributed by atoms with Crippen LogP contribution in [-0.2, 0) is 14.3 Å². The van der Waals surface area contributed by atoms with Crippen molar-refractivity contribution in [1.29, 1.82) is 0 Å². The zero-order chi connectivity index (χ0) is 23.8. The number of ether oxygens (including phenoxy) is 1. The van der Waals surface area contributed by atoms with Crippen LogP contribution in [0.25, 0.3) is 11.1 Å². The maximum absolute atomic E-state index is 12.3. The van der Waals surface area contributed by atoms with Gasteiger partial charge in [-0.15, -0.1) is 0 Å². The summed E-state index contributed by atoms with van der Waals surface area (Å²) in [6.07, 6.45) is 0.876. The summed E-state index contributed by atoms with van der Waals surface area (Å²) >= 11 is 0. The van der Waals surface area contributed by atoms with Crippen LogP contribution in [0.5, 0.6) is 0 Å². The van der Waals surface area contributed by atoms with Gasteiger partial charge in [-0.1, -0.05) is 62.4 Å². The Morgan fingerprint density at radius 2 is 1.64 bits per heavy atom. The van der Waals surface area contributed by atoms with Crippen LogP contribution in [0.4, 0.5) is 4.79 Å². The van der Waals surface area contributed by atoms with E-state index in [9.17, 15) is 14.4 Å². The number of carbonyl (C=O) groups is 3. The lowest BCUT2D eigenvalue weighted by Crippen LogP contribution is -2.36. The second-order valence-corrected chi connectivity index (χ2v) is 8.62. The predicted molar refractivity (Wildman–Crippen MR) is 126 cm³/mol. The van der Waals surface area contributed by atoms with Crippen LogP contribution in [0.1, 0.15) is 56.6 Å². The molecular formula is C26H32N2O5. The molecule has 0 saturated carbocycles. The number of carboxylic acids is 1. The van der Waals surface area contributed by atoms with Crippen LogP contribution in [0.3, 0.4) is 0 Å². The molecule has 2 aromatic carbocycles. The molecule has 0 bridgehead atoms. The molecule has 0 aliphatic heterocycles. The van der Waals surface area contributed by atoms with E-state index in [1.807, 2.05) is 38.1 Å². The van der Waals surface area contributed by atoms with Gasteiger partial charge in [0.2, 0.25) is 5.91 Å². The second-order valence-electron chi connectivity index (χ2n) is 8.62. The minimum absolute atomic E-state index is 0.0154. The number of amides is 2. The van der Waals surface area contributed by atoms with E-state index < -0.39 is 12.1 Å². The minimum Gasteiger partial charge on any atom is -0.481 e. The molecule has 0 spiro atoms. The quantitative estimate of drug-likeness (QED) is 0.471. The lowest BCUT2D eigenvalue weighted by molar-refractivity contribution is -0.137. The molecular weight excluding hydrogens is 420 g/mol. The summed E-state index contributed by atoms with van der Waals surface area (Å²) in [5.41, 5.74) is 4.70. The molecule has 2 amide bonds. The molecule has 1 aliphatic rings. The highest BCUT2D eigenvalue weighted by molar-refractivity contribution is 5.79. The van der Waals surface area contributed by atoms with Crippen LogP contribution in [-0.4, -0.2) is 42.3 Å². The Morgan fingerprint density at radius 3 is 2.21 bits per heavy atom. The Hall–Kier alpha value is -3.35. The molecule has 3 N–H and O–H groups in total. The molecule has 7 nitrogen and oxygen atoms in total. The summed E-state index contributed by atoms with van der Waals surface area (Å²) in [4.78, 5) is 35.2. The largest absolute Gasteiger partial charge is 0.481 e. The van der Waals surface area contributed by atoms with E-state index >= 15 is 0 Å². The Morgan fingerprint density at radius 1 is 1.03 bits per heavy atom. The van der Waals surface area contributed by atoms with E-state index in [1.165, 1.54) is 22.3 Å². The average Bonchev–Trinajstić information content (AvgIpc) is 3.13. The van der Waals surface area contributed by atoms with Gasteiger partial charge in [0.15, 0.2) is 0 Å². The summed E-state index contributed by atoms with van der Waals surface area (Å²) in [5.74, 6) is -1.00. The maximum Gasteiger partial charge on any atom is 0.407 e. The Balaban J connectivity index is 1.41. The van der Waals surface area contributed by atoms with Crippen molar-refractivity contribution in [2.45, 2.75) is 51.5 Å². The molecule has 2 atom stereocenters. The van der Waals surface area contributed by atoms with Gasteiger partial charge in [-0.3, -0.25) is 9.59 Å². The summed E-state index contributed by atoms with van der Waals surface area (Å²) in [6, 6.07) is 16.0. The van der Waals surface area contributed by atoms with Crippen molar-refractivity contribution in [3.63, 3.8) is 0 Å². The summed E-state index contributed by atoms with van der Waals surface area (Å²) in [5, 5.41) is 14.4. The number of hydrogen-bond acceptors (Lipinski definition) is 4. The number of rotatable bonds is 11. The van der Waals surface area contributed by atoms with Gasteiger partial charge in [-0.05, 0) is 41.0 Å². The zero-order valence-corrected chi connectivity index (χ0v) is 19.2. The molecule has 0 fully saturated rings. The minimum atomic E-state index is -0.928. The third-order valence-corrected chi connectivity index (χ3v) is 6.08. The first-order valence-corrected chi connectivity index (χ1v) is 11.5. The van der Waals surface area contributed by atoms with Crippen molar-refractivity contribution >= 4 is 18.0 Å². The third-order valence-electron chi connectivity index (χ3n) is 6.08. The highest BCUT2D eigenvalue weighted by Crippen LogP contribution is 2.44. The first kappa shape index (κ1) is 24.3. The number of benzene rings is 2. The van der Waals surface area contributed by atoms with Gasteiger partial charge in [-0.2, -0.15) is 0 Å². The number of aliphatic carboxylic acids is 1. The number of alkyl carbamates (subject to hydrolysis) is 1. The van der Waals surface area contributed by atoms with E-state index in [1.54, 1.807) is 0 Å². The second kappa shape index (κ2) is 11.5. The standard InChI is InChI=1S/C26H32N2O5/c1-3-18(14-25(30)31)28-24(29)13-12-17(2)15-27-26(32)33-16-23-21-10-6-4-8-19(21)20-9-5-7-11-22(20)23/h4-11,17-18,23H,3,12-16H2,1-2H3,(H,27,32)(H,28,29)(H,30,31)/t17?,18-/m0/s1. The molecule has 1 unspecified atom stereocenters.